The number of rotatable bonds is 3. The van der Waals surface area contributed by atoms with Gasteiger partial charge in [-0.25, -0.2) is 9.37 Å². The SMILES string of the molecule is Cc1nc(C2CCN(c3nc(-c4ccc(F)cc4)cs3)CC2)no1. The molecule has 1 saturated heterocycles. The Balaban J connectivity index is 1.43. The molecule has 3 heterocycles. The number of nitrogens with zero attached hydrogens (tertiary/aromatic N) is 4. The van der Waals surface area contributed by atoms with Crippen molar-refractivity contribution in [2.45, 2.75) is 25.7 Å². The zero-order valence-corrected chi connectivity index (χ0v) is 14.1. The van der Waals surface area contributed by atoms with Gasteiger partial charge >= 0.3 is 0 Å². The number of anilines is 1. The Hall–Kier alpha value is -2.28. The number of halogens is 1. The molecule has 3 aromatic rings. The number of aromatic nitrogens is 3. The molecular formula is C17H17FN4OS. The van der Waals surface area contributed by atoms with E-state index in [-0.39, 0.29) is 5.82 Å². The van der Waals surface area contributed by atoms with Crippen molar-refractivity contribution < 1.29 is 8.91 Å². The first-order valence-corrected chi connectivity index (χ1v) is 8.83. The average Bonchev–Trinajstić information content (AvgIpc) is 3.25. The van der Waals surface area contributed by atoms with Gasteiger partial charge in [0.25, 0.3) is 0 Å². The van der Waals surface area contributed by atoms with Crippen LogP contribution < -0.4 is 4.90 Å². The first kappa shape index (κ1) is 15.3. The fraction of sp³-hybridized carbons (Fsp3) is 0.353. The Labute approximate surface area is 143 Å². The highest BCUT2D eigenvalue weighted by Crippen LogP contribution is 2.32. The molecule has 0 amide bonds. The standard InChI is InChI=1S/C17H17FN4OS/c1-11-19-16(21-23-11)13-6-8-22(9-7-13)17-20-15(10-24-17)12-2-4-14(18)5-3-12/h2-5,10,13H,6-9H2,1H3. The molecule has 1 aromatic carbocycles. The molecule has 0 radical (unpaired) electrons. The van der Waals surface area contributed by atoms with E-state index in [4.69, 9.17) is 9.51 Å². The molecule has 1 fully saturated rings. The van der Waals surface area contributed by atoms with Crippen molar-refractivity contribution in [3.63, 3.8) is 0 Å². The monoisotopic (exact) mass is 344 g/mol. The lowest BCUT2D eigenvalue weighted by Gasteiger charge is -2.30. The van der Waals surface area contributed by atoms with E-state index in [2.05, 4.69) is 15.0 Å². The van der Waals surface area contributed by atoms with Crippen molar-refractivity contribution >= 4 is 16.5 Å². The van der Waals surface area contributed by atoms with Gasteiger partial charge in [0.15, 0.2) is 11.0 Å². The fourth-order valence-corrected chi connectivity index (χ4v) is 3.86. The van der Waals surface area contributed by atoms with Crippen LogP contribution in [0, 0.1) is 12.7 Å². The molecule has 0 spiro atoms. The van der Waals surface area contributed by atoms with Gasteiger partial charge in [-0.3, -0.25) is 0 Å². The summed E-state index contributed by atoms with van der Waals surface area (Å²) in [6.07, 6.45) is 1.98. The summed E-state index contributed by atoms with van der Waals surface area (Å²) in [5.74, 6) is 1.57. The van der Waals surface area contributed by atoms with Crippen LogP contribution in [0.3, 0.4) is 0 Å². The quantitative estimate of drug-likeness (QED) is 0.718. The summed E-state index contributed by atoms with van der Waals surface area (Å²) < 4.78 is 18.1. The lowest BCUT2D eigenvalue weighted by molar-refractivity contribution is 0.375. The Morgan fingerprint density at radius 3 is 2.58 bits per heavy atom. The van der Waals surface area contributed by atoms with Crippen molar-refractivity contribution in [1.82, 2.24) is 15.1 Å². The fourth-order valence-electron chi connectivity index (χ4n) is 2.97. The lowest BCUT2D eigenvalue weighted by Crippen LogP contribution is -2.33. The Morgan fingerprint density at radius 2 is 1.92 bits per heavy atom. The van der Waals surface area contributed by atoms with E-state index in [1.54, 1.807) is 23.5 Å². The van der Waals surface area contributed by atoms with Gasteiger partial charge in [-0.1, -0.05) is 5.16 Å². The molecule has 0 N–H and O–H groups in total. The largest absolute Gasteiger partial charge is 0.348 e. The van der Waals surface area contributed by atoms with Gasteiger partial charge < -0.3 is 9.42 Å². The molecule has 5 nitrogen and oxygen atoms in total. The molecule has 0 unspecified atom stereocenters. The van der Waals surface area contributed by atoms with Gasteiger partial charge in [0.2, 0.25) is 5.89 Å². The van der Waals surface area contributed by atoms with Gasteiger partial charge in [0, 0.05) is 36.9 Å². The van der Waals surface area contributed by atoms with Crippen molar-refractivity contribution in [2.75, 3.05) is 18.0 Å². The van der Waals surface area contributed by atoms with E-state index < -0.39 is 0 Å². The molecule has 124 valence electrons. The topological polar surface area (TPSA) is 55.1 Å². The summed E-state index contributed by atoms with van der Waals surface area (Å²) in [5, 5.41) is 7.08. The number of aryl methyl sites for hydroxylation is 1. The second kappa shape index (κ2) is 6.32. The summed E-state index contributed by atoms with van der Waals surface area (Å²) in [5.41, 5.74) is 1.84. The van der Waals surface area contributed by atoms with Crippen LogP contribution in [0.15, 0.2) is 34.2 Å². The first-order valence-electron chi connectivity index (χ1n) is 7.95. The van der Waals surface area contributed by atoms with Crippen molar-refractivity contribution in [1.29, 1.82) is 0 Å². The zero-order valence-electron chi connectivity index (χ0n) is 13.3. The van der Waals surface area contributed by atoms with E-state index >= 15 is 0 Å². The van der Waals surface area contributed by atoms with Gasteiger partial charge in [0.1, 0.15) is 5.82 Å². The highest BCUT2D eigenvalue weighted by Gasteiger charge is 2.25. The molecule has 1 aliphatic rings. The van der Waals surface area contributed by atoms with Crippen molar-refractivity contribution in [3.05, 3.63) is 47.2 Å². The highest BCUT2D eigenvalue weighted by atomic mass is 32.1. The minimum Gasteiger partial charge on any atom is -0.348 e. The van der Waals surface area contributed by atoms with Crippen LogP contribution in [-0.4, -0.2) is 28.2 Å². The van der Waals surface area contributed by atoms with Gasteiger partial charge in [-0.05, 0) is 37.1 Å². The summed E-state index contributed by atoms with van der Waals surface area (Å²) >= 11 is 1.63. The Morgan fingerprint density at radius 1 is 1.17 bits per heavy atom. The van der Waals surface area contributed by atoms with Crippen LogP contribution in [0.4, 0.5) is 9.52 Å². The minimum absolute atomic E-state index is 0.229. The van der Waals surface area contributed by atoms with E-state index in [1.807, 2.05) is 12.3 Å². The molecule has 0 aliphatic carbocycles. The lowest BCUT2D eigenvalue weighted by atomic mass is 9.96. The maximum Gasteiger partial charge on any atom is 0.223 e. The molecule has 0 bridgehead atoms. The summed E-state index contributed by atoms with van der Waals surface area (Å²) in [6.45, 7) is 3.67. The zero-order chi connectivity index (χ0) is 16.5. The van der Waals surface area contributed by atoms with Gasteiger partial charge in [-0.15, -0.1) is 11.3 Å². The smallest absolute Gasteiger partial charge is 0.223 e. The number of piperidine rings is 1. The highest BCUT2D eigenvalue weighted by molar-refractivity contribution is 7.14. The summed E-state index contributed by atoms with van der Waals surface area (Å²) in [7, 11) is 0. The van der Waals surface area contributed by atoms with E-state index in [0.717, 1.165) is 48.1 Å². The summed E-state index contributed by atoms with van der Waals surface area (Å²) in [4.78, 5) is 11.3. The number of benzene rings is 1. The predicted molar refractivity (Wildman–Crippen MR) is 90.7 cm³/mol. The molecule has 0 saturated carbocycles. The summed E-state index contributed by atoms with van der Waals surface area (Å²) in [6, 6.07) is 6.46. The molecule has 0 atom stereocenters. The van der Waals surface area contributed by atoms with Crippen LogP contribution in [-0.2, 0) is 0 Å². The average molecular weight is 344 g/mol. The molecular weight excluding hydrogens is 327 g/mol. The maximum absolute atomic E-state index is 13.0. The Bertz CT molecular complexity index is 821. The number of hydrogen-bond donors (Lipinski definition) is 0. The second-order valence-electron chi connectivity index (χ2n) is 5.96. The first-order chi connectivity index (χ1) is 11.7. The van der Waals surface area contributed by atoms with Crippen molar-refractivity contribution in [2.24, 2.45) is 0 Å². The molecule has 7 heteroatoms. The van der Waals surface area contributed by atoms with Crippen LogP contribution in [0.5, 0.6) is 0 Å². The third kappa shape index (κ3) is 3.03. The third-order valence-corrected chi connectivity index (χ3v) is 5.21. The van der Waals surface area contributed by atoms with Gasteiger partial charge in [0.05, 0.1) is 5.69 Å². The Kier molecular flexibility index (Phi) is 4.02. The van der Waals surface area contributed by atoms with Crippen LogP contribution in [0.2, 0.25) is 0 Å². The number of thiazole rings is 1. The van der Waals surface area contributed by atoms with Crippen LogP contribution >= 0.6 is 11.3 Å². The minimum atomic E-state index is -0.229. The molecule has 1 aliphatic heterocycles. The third-order valence-electron chi connectivity index (χ3n) is 4.31. The van der Waals surface area contributed by atoms with Gasteiger partial charge in [-0.2, -0.15) is 4.98 Å². The molecule has 4 rings (SSSR count). The maximum atomic E-state index is 13.0. The number of hydrogen-bond acceptors (Lipinski definition) is 6. The van der Waals surface area contributed by atoms with E-state index in [9.17, 15) is 4.39 Å². The predicted octanol–water partition coefficient (Wildman–Crippen LogP) is 4.02. The van der Waals surface area contributed by atoms with E-state index in [1.165, 1.54) is 12.1 Å². The molecule has 24 heavy (non-hydrogen) atoms. The molecule has 2 aromatic heterocycles. The van der Waals surface area contributed by atoms with E-state index in [0.29, 0.717) is 11.8 Å². The van der Waals surface area contributed by atoms with Crippen molar-refractivity contribution in [3.8, 4) is 11.3 Å². The van der Waals surface area contributed by atoms with Crippen LogP contribution in [0.1, 0.15) is 30.5 Å². The normalized spacial score (nSPS) is 15.8. The van der Waals surface area contributed by atoms with Crippen LogP contribution in [0.25, 0.3) is 11.3 Å². The second-order valence-corrected chi connectivity index (χ2v) is 6.79.